The number of H-pyrrole nitrogens is 2. The second-order valence-corrected chi connectivity index (χ2v) is 6.13. The molecule has 0 unspecified atom stereocenters. The number of aromatic amines is 2. The third-order valence-electron chi connectivity index (χ3n) is 3.07. The molecular weight excluding hydrogens is 284 g/mol. The average molecular weight is 298 g/mol. The van der Waals surface area contributed by atoms with Crippen molar-refractivity contribution in [3.05, 3.63) is 28.7 Å². The minimum Gasteiger partial charge on any atom is -0.379 e. The van der Waals surface area contributed by atoms with E-state index in [0.29, 0.717) is 43.0 Å². The number of morpholine rings is 1. The molecule has 1 saturated heterocycles. The molecule has 0 spiro atoms. The molecule has 0 bridgehead atoms. The first kappa shape index (κ1) is 13.2. The van der Waals surface area contributed by atoms with Gasteiger partial charge in [0, 0.05) is 13.1 Å². The normalized spacial score (nSPS) is 17.4. The van der Waals surface area contributed by atoms with E-state index in [0.717, 1.165) is 0 Å². The number of imidazole rings is 1. The highest BCUT2D eigenvalue weighted by Gasteiger charge is 2.24. The minimum absolute atomic E-state index is 0.326. The van der Waals surface area contributed by atoms with Crippen LogP contribution in [0, 0.1) is 0 Å². The van der Waals surface area contributed by atoms with Crippen molar-refractivity contribution in [3.63, 3.8) is 0 Å². The quantitative estimate of drug-likeness (QED) is 0.732. The van der Waals surface area contributed by atoms with Gasteiger partial charge in [0.1, 0.15) is 0 Å². The van der Waals surface area contributed by atoms with E-state index in [4.69, 9.17) is 4.74 Å². The van der Waals surface area contributed by atoms with Crippen LogP contribution < -0.4 is 10.4 Å². The van der Waals surface area contributed by atoms with E-state index in [-0.39, 0.29) is 5.69 Å². The largest absolute Gasteiger partial charge is 0.379 e. The van der Waals surface area contributed by atoms with E-state index in [1.54, 1.807) is 18.2 Å². The average Bonchev–Trinajstić information content (AvgIpc) is 2.79. The molecule has 108 valence electrons. The second kappa shape index (κ2) is 4.93. The minimum atomic E-state index is -3.60. The van der Waals surface area contributed by atoms with Gasteiger partial charge in [-0.25, -0.2) is 4.79 Å². The molecule has 1 aromatic heterocycles. The summed E-state index contributed by atoms with van der Waals surface area (Å²) in [5, 5.41) is 0. The summed E-state index contributed by atoms with van der Waals surface area (Å²) in [6.45, 7) is 1.45. The van der Waals surface area contributed by atoms with E-state index < -0.39 is 10.2 Å². The highest BCUT2D eigenvalue weighted by atomic mass is 32.2. The van der Waals surface area contributed by atoms with Crippen LogP contribution in [-0.4, -0.2) is 49.0 Å². The Morgan fingerprint density at radius 1 is 1.15 bits per heavy atom. The van der Waals surface area contributed by atoms with Gasteiger partial charge in [-0.2, -0.15) is 12.7 Å². The molecule has 0 amide bonds. The van der Waals surface area contributed by atoms with Crippen LogP contribution in [0.2, 0.25) is 0 Å². The van der Waals surface area contributed by atoms with Gasteiger partial charge in [0.15, 0.2) is 0 Å². The van der Waals surface area contributed by atoms with Crippen LogP contribution in [0.1, 0.15) is 0 Å². The smallest absolute Gasteiger partial charge is 0.323 e. The van der Waals surface area contributed by atoms with Crippen LogP contribution >= 0.6 is 0 Å². The monoisotopic (exact) mass is 298 g/mol. The predicted octanol–water partition coefficient (Wildman–Crippen LogP) is -0.155. The third-order valence-corrected chi connectivity index (χ3v) is 4.61. The van der Waals surface area contributed by atoms with Crippen LogP contribution in [-0.2, 0) is 14.9 Å². The lowest BCUT2D eigenvalue weighted by Crippen LogP contribution is -2.43. The van der Waals surface area contributed by atoms with Crippen molar-refractivity contribution >= 4 is 26.9 Å². The molecule has 1 aliphatic rings. The third kappa shape index (κ3) is 2.55. The Bertz CT molecular complexity index is 773. The van der Waals surface area contributed by atoms with Crippen LogP contribution in [0.5, 0.6) is 0 Å². The van der Waals surface area contributed by atoms with E-state index in [2.05, 4.69) is 14.7 Å². The molecule has 0 saturated carbocycles. The first-order chi connectivity index (χ1) is 9.54. The Labute approximate surface area is 114 Å². The Morgan fingerprint density at radius 2 is 1.85 bits per heavy atom. The SMILES string of the molecule is O=c1[nH]c2ccc(NS(=O)(=O)N3CCOCC3)cc2[nH]1. The van der Waals surface area contributed by atoms with Gasteiger partial charge >= 0.3 is 15.9 Å². The van der Waals surface area contributed by atoms with Crippen molar-refractivity contribution < 1.29 is 13.2 Å². The molecule has 20 heavy (non-hydrogen) atoms. The number of hydrogen-bond donors (Lipinski definition) is 3. The Balaban J connectivity index is 1.85. The van der Waals surface area contributed by atoms with E-state index in [1.807, 2.05) is 0 Å². The molecule has 1 fully saturated rings. The van der Waals surface area contributed by atoms with Crippen LogP contribution in [0.4, 0.5) is 5.69 Å². The fourth-order valence-electron chi connectivity index (χ4n) is 2.10. The molecule has 3 rings (SSSR count). The molecule has 0 atom stereocenters. The summed E-state index contributed by atoms with van der Waals surface area (Å²) in [6.07, 6.45) is 0. The number of anilines is 1. The molecule has 8 nitrogen and oxygen atoms in total. The lowest BCUT2D eigenvalue weighted by molar-refractivity contribution is 0.0733. The maximum Gasteiger partial charge on any atom is 0.323 e. The number of nitrogens with zero attached hydrogens (tertiary/aromatic N) is 1. The van der Waals surface area contributed by atoms with Crippen molar-refractivity contribution in [2.45, 2.75) is 0 Å². The molecule has 2 heterocycles. The van der Waals surface area contributed by atoms with E-state index in [1.165, 1.54) is 4.31 Å². The number of benzene rings is 1. The van der Waals surface area contributed by atoms with E-state index >= 15 is 0 Å². The molecule has 9 heteroatoms. The zero-order valence-electron chi connectivity index (χ0n) is 10.5. The molecule has 1 aromatic carbocycles. The number of fused-ring (bicyclic) bond motifs is 1. The number of rotatable bonds is 3. The van der Waals surface area contributed by atoms with Crippen LogP contribution in [0.3, 0.4) is 0 Å². The Hall–Kier alpha value is -1.84. The zero-order valence-corrected chi connectivity index (χ0v) is 11.4. The summed E-state index contributed by atoms with van der Waals surface area (Å²) in [5.41, 5.74) is 1.26. The van der Waals surface area contributed by atoms with E-state index in [9.17, 15) is 13.2 Å². The molecule has 2 aromatic rings. The number of nitrogens with one attached hydrogen (secondary N) is 3. The van der Waals surface area contributed by atoms with Crippen LogP contribution in [0.15, 0.2) is 23.0 Å². The molecule has 0 radical (unpaired) electrons. The molecule has 0 aliphatic carbocycles. The molecule has 1 aliphatic heterocycles. The summed E-state index contributed by atoms with van der Waals surface area (Å²) < 4.78 is 33.3. The number of aromatic nitrogens is 2. The predicted molar refractivity (Wildman–Crippen MR) is 73.9 cm³/mol. The van der Waals surface area contributed by atoms with Gasteiger partial charge in [0.25, 0.3) is 0 Å². The first-order valence-corrected chi connectivity index (χ1v) is 7.56. The lowest BCUT2D eigenvalue weighted by atomic mass is 10.3. The number of hydrogen-bond acceptors (Lipinski definition) is 4. The van der Waals surface area contributed by atoms with Crippen molar-refractivity contribution in [3.8, 4) is 0 Å². The van der Waals surface area contributed by atoms with Gasteiger partial charge in [0.2, 0.25) is 0 Å². The summed E-state index contributed by atoms with van der Waals surface area (Å²) in [6, 6.07) is 4.82. The summed E-state index contributed by atoms with van der Waals surface area (Å²) in [4.78, 5) is 16.3. The highest BCUT2D eigenvalue weighted by molar-refractivity contribution is 7.90. The molecular formula is C11H14N4O4S. The van der Waals surface area contributed by atoms with Crippen molar-refractivity contribution in [2.75, 3.05) is 31.0 Å². The standard InChI is InChI=1S/C11H14N4O4S/c16-11-12-9-2-1-8(7-10(9)13-11)14-20(17,18)15-3-5-19-6-4-15/h1-2,7,14H,3-6H2,(H2,12,13,16). The van der Waals surface area contributed by atoms with Crippen molar-refractivity contribution in [2.24, 2.45) is 0 Å². The van der Waals surface area contributed by atoms with Gasteiger partial charge in [-0.05, 0) is 18.2 Å². The van der Waals surface area contributed by atoms with Crippen LogP contribution in [0.25, 0.3) is 11.0 Å². The second-order valence-electron chi connectivity index (χ2n) is 4.46. The highest BCUT2D eigenvalue weighted by Crippen LogP contribution is 2.17. The van der Waals surface area contributed by atoms with Crippen molar-refractivity contribution in [1.82, 2.24) is 14.3 Å². The topological polar surface area (TPSA) is 107 Å². The Morgan fingerprint density at radius 3 is 2.60 bits per heavy atom. The molecule has 3 N–H and O–H groups in total. The van der Waals surface area contributed by atoms with Gasteiger partial charge in [-0.15, -0.1) is 0 Å². The fourth-order valence-corrected chi connectivity index (χ4v) is 3.28. The summed E-state index contributed by atoms with van der Waals surface area (Å²) in [5.74, 6) is 0. The van der Waals surface area contributed by atoms with Gasteiger partial charge in [0.05, 0.1) is 29.9 Å². The van der Waals surface area contributed by atoms with Gasteiger partial charge < -0.3 is 14.7 Å². The maximum absolute atomic E-state index is 12.2. The van der Waals surface area contributed by atoms with Gasteiger partial charge in [-0.1, -0.05) is 0 Å². The zero-order chi connectivity index (χ0) is 14.2. The first-order valence-electron chi connectivity index (χ1n) is 6.12. The lowest BCUT2D eigenvalue weighted by Gasteiger charge is -2.26. The fraction of sp³-hybridized carbons (Fsp3) is 0.364. The van der Waals surface area contributed by atoms with Gasteiger partial charge in [-0.3, -0.25) is 4.72 Å². The summed E-state index contributed by atoms with van der Waals surface area (Å²) >= 11 is 0. The van der Waals surface area contributed by atoms with Crippen molar-refractivity contribution in [1.29, 1.82) is 0 Å². The Kier molecular flexibility index (Phi) is 3.24. The maximum atomic E-state index is 12.2. The number of ether oxygens (including phenoxy) is 1. The summed E-state index contributed by atoms with van der Waals surface area (Å²) in [7, 11) is -3.60.